The van der Waals surface area contributed by atoms with Gasteiger partial charge in [-0.3, -0.25) is 0 Å². The molecule has 0 heterocycles. The molecule has 0 saturated heterocycles. The highest BCUT2D eigenvalue weighted by Gasteiger charge is 2.09. The number of benzene rings is 2. The van der Waals surface area contributed by atoms with Gasteiger partial charge in [-0.2, -0.15) is 0 Å². The van der Waals surface area contributed by atoms with Crippen molar-refractivity contribution in [3.05, 3.63) is 64.1 Å². The summed E-state index contributed by atoms with van der Waals surface area (Å²) in [6.07, 6.45) is 0.0401. The van der Waals surface area contributed by atoms with Crippen LogP contribution in [-0.2, 0) is 6.54 Å². The summed E-state index contributed by atoms with van der Waals surface area (Å²) in [6.45, 7) is 7.19. The van der Waals surface area contributed by atoms with Crippen molar-refractivity contribution in [1.82, 2.24) is 5.32 Å². The van der Waals surface area contributed by atoms with Crippen molar-refractivity contribution in [3.8, 4) is 5.75 Å². The summed E-state index contributed by atoms with van der Waals surface area (Å²) < 4.78 is 7.16. The van der Waals surface area contributed by atoms with E-state index in [0.29, 0.717) is 6.04 Å². The second kappa shape index (κ2) is 7.62. The molecule has 1 unspecified atom stereocenters. The summed E-state index contributed by atoms with van der Waals surface area (Å²) in [4.78, 5) is 0. The molecule has 112 valence electrons. The lowest BCUT2D eigenvalue weighted by molar-refractivity contribution is 0.226. The highest BCUT2D eigenvalue weighted by atomic mass is 79.9. The van der Waals surface area contributed by atoms with Crippen LogP contribution in [0, 0.1) is 0 Å². The van der Waals surface area contributed by atoms with E-state index < -0.39 is 0 Å². The Morgan fingerprint density at radius 1 is 1.05 bits per heavy atom. The molecule has 0 fully saturated rings. The number of ether oxygens (including phenoxy) is 1. The molecule has 0 saturated carbocycles. The molecule has 2 nitrogen and oxygen atoms in total. The van der Waals surface area contributed by atoms with E-state index in [-0.39, 0.29) is 6.10 Å². The van der Waals surface area contributed by atoms with E-state index in [1.165, 1.54) is 11.1 Å². The minimum absolute atomic E-state index is 0.0401. The summed E-state index contributed by atoms with van der Waals surface area (Å²) in [5.41, 5.74) is 2.39. The van der Waals surface area contributed by atoms with Crippen LogP contribution in [0.1, 0.15) is 38.0 Å². The van der Waals surface area contributed by atoms with Gasteiger partial charge in [-0.15, -0.1) is 0 Å². The fourth-order valence-electron chi connectivity index (χ4n) is 2.07. The molecule has 0 amide bonds. The lowest BCUT2D eigenvalue weighted by atomic mass is 10.1. The second-order valence-electron chi connectivity index (χ2n) is 5.46. The van der Waals surface area contributed by atoms with Gasteiger partial charge in [0, 0.05) is 17.1 Å². The number of rotatable bonds is 6. The minimum atomic E-state index is 0.0401. The molecule has 0 bridgehead atoms. The molecular formula is C18H22BrNO. The molecule has 0 radical (unpaired) electrons. The second-order valence-corrected chi connectivity index (χ2v) is 6.31. The molecule has 3 heteroatoms. The minimum Gasteiger partial charge on any atom is -0.486 e. The third-order valence-electron chi connectivity index (χ3n) is 3.30. The first-order valence-electron chi connectivity index (χ1n) is 7.29. The number of halogens is 1. The fraction of sp³-hybridized carbons (Fsp3) is 0.333. The Morgan fingerprint density at radius 3 is 2.43 bits per heavy atom. The van der Waals surface area contributed by atoms with Crippen LogP contribution in [0.25, 0.3) is 0 Å². The first-order valence-corrected chi connectivity index (χ1v) is 8.09. The van der Waals surface area contributed by atoms with Crippen molar-refractivity contribution in [3.63, 3.8) is 0 Å². The normalized spacial score (nSPS) is 12.4. The summed E-state index contributed by atoms with van der Waals surface area (Å²) in [6, 6.07) is 16.9. The van der Waals surface area contributed by atoms with Gasteiger partial charge in [-0.1, -0.05) is 60.1 Å². The Bertz CT molecular complexity index is 569. The molecule has 0 aromatic heterocycles. The molecular weight excluding hydrogens is 326 g/mol. The number of nitrogens with one attached hydrogen (secondary N) is 1. The zero-order valence-electron chi connectivity index (χ0n) is 12.8. The maximum Gasteiger partial charge on any atom is 0.121 e. The van der Waals surface area contributed by atoms with E-state index in [9.17, 15) is 0 Å². The van der Waals surface area contributed by atoms with Gasteiger partial charge in [0.15, 0.2) is 0 Å². The number of hydrogen-bond donors (Lipinski definition) is 1. The van der Waals surface area contributed by atoms with Crippen molar-refractivity contribution < 1.29 is 4.74 Å². The molecule has 2 rings (SSSR count). The fourth-order valence-corrected chi connectivity index (χ4v) is 2.46. The maximum absolute atomic E-state index is 6.05. The molecule has 2 aromatic carbocycles. The average Bonchev–Trinajstić information content (AvgIpc) is 2.48. The highest BCUT2D eigenvalue weighted by molar-refractivity contribution is 9.10. The van der Waals surface area contributed by atoms with Crippen LogP contribution in [0.3, 0.4) is 0 Å². The van der Waals surface area contributed by atoms with Gasteiger partial charge in [-0.05, 0) is 36.2 Å². The van der Waals surface area contributed by atoms with Gasteiger partial charge < -0.3 is 10.1 Å². The van der Waals surface area contributed by atoms with Crippen LogP contribution in [0.2, 0.25) is 0 Å². The summed E-state index contributed by atoms with van der Waals surface area (Å²) >= 11 is 3.60. The van der Waals surface area contributed by atoms with E-state index in [1.54, 1.807) is 0 Å². The van der Waals surface area contributed by atoms with Crippen LogP contribution in [0.4, 0.5) is 0 Å². The largest absolute Gasteiger partial charge is 0.486 e. The van der Waals surface area contributed by atoms with E-state index >= 15 is 0 Å². The third-order valence-corrected chi connectivity index (χ3v) is 4.07. The van der Waals surface area contributed by atoms with E-state index in [1.807, 2.05) is 30.3 Å². The molecule has 0 aliphatic rings. The summed E-state index contributed by atoms with van der Waals surface area (Å²) in [5.74, 6) is 0.898. The Hall–Kier alpha value is -1.32. The van der Waals surface area contributed by atoms with Crippen molar-refractivity contribution >= 4 is 15.9 Å². The first kappa shape index (κ1) is 16.1. The van der Waals surface area contributed by atoms with Crippen LogP contribution in [0.5, 0.6) is 5.75 Å². The number of hydrogen-bond acceptors (Lipinski definition) is 2. The van der Waals surface area contributed by atoms with Crippen LogP contribution in [0.15, 0.2) is 53.0 Å². The van der Waals surface area contributed by atoms with Crippen molar-refractivity contribution in [1.29, 1.82) is 0 Å². The van der Waals surface area contributed by atoms with Crippen LogP contribution >= 0.6 is 15.9 Å². The molecule has 0 spiro atoms. The van der Waals surface area contributed by atoms with Crippen molar-refractivity contribution in [2.45, 2.75) is 39.5 Å². The van der Waals surface area contributed by atoms with Gasteiger partial charge in [0.1, 0.15) is 11.9 Å². The van der Waals surface area contributed by atoms with Gasteiger partial charge in [0.2, 0.25) is 0 Å². The predicted molar refractivity (Wildman–Crippen MR) is 91.6 cm³/mol. The molecule has 0 aliphatic heterocycles. The van der Waals surface area contributed by atoms with E-state index in [0.717, 1.165) is 16.8 Å². The van der Waals surface area contributed by atoms with Crippen LogP contribution < -0.4 is 10.1 Å². The molecule has 21 heavy (non-hydrogen) atoms. The summed E-state index contributed by atoms with van der Waals surface area (Å²) in [5, 5.41) is 3.43. The SMILES string of the molecule is CC(C)NCc1cc(OC(C)c2ccccc2)ccc1Br. The average molecular weight is 348 g/mol. The van der Waals surface area contributed by atoms with Gasteiger partial charge in [0.25, 0.3) is 0 Å². The molecule has 2 aromatic rings. The van der Waals surface area contributed by atoms with E-state index in [4.69, 9.17) is 4.74 Å². The Labute approximate surface area is 135 Å². The zero-order valence-corrected chi connectivity index (χ0v) is 14.4. The van der Waals surface area contributed by atoms with Crippen molar-refractivity contribution in [2.75, 3.05) is 0 Å². The smallest absolute Gasteiger partial charge is 0.121 e. The highest BCUT2D eigenvalue weighted by Crippen LogP contribution is 2.26. The van der Waals surface area contributed by atoms with Gasteiger partial charge in [-0.25, -0.2) is 0 Å². The van der Waals surface area contributed by atoms with Gasteiger partial charge in [0.05, 0.1) is 0 Å². The molecule has 1 atom stereocenters. The van der Waals surface area contributed by atoms with Crippen LogP contribution in [-0.4, -0.2) is 6.04 Å². The Balaban J connectivity index is 2.08. The maximum atomic E-state index is 6.05. The zero-order chi connectivity index (χ0) is 15.2. The lowest BCUT2D eigenvalue weighted by Gasteiger charge is -2.17. The topological polar surface area (TPSA) is 21.3 Å². The van der Waals surface area contributed by atoms with E-state index in [2.05, 4.69) is 60.2 Å². The predicted octanol–water partition coefficient (Wildman–Crippen LogP) is 5.09. The molecule has 1 N–H and O–H groups in total. The quantitative estimate of drug-likeness (QED) is 0.785. The molecule has 0 aliphatic carbocycles. The monoisotopic (exact) mass is 347 g/mol. The Morgan fingerprint density at radius 2 is 1.76 bits per heavy atom. The summed E-state index contributed by atoms with van der Waals surface area (Å²) in [7, 11) is 0. The standard InChI is InChI=1S/C18H22BrNO/c1-13(2)20-12-16-11-17(9-10-18(16)19)21-14(3)15-7-5-4-6-8-15/h4-11,13-14,20H,12H2,1-3H3. The van der Waals surface area contributed by atoms with Gasteiger partial charge >= 0.3 is 0 Å². The van der Waals surface area contributed by atoms with Crippen molar-refractivity contribution in [2.24, 2.45) is 0 Å². The Kier molecular flexibility index (Phi) is 5.83. The lowest BCUT2D eigenvalue weighted by Crippen LogP contribution is -2.22. The third kappa shape index (κ3) is 4.87. The first-order chi connectivity index (χ1) is 10.1.